The van der Waals surface area contributed by atoms with E-state index in [0.29, 0.717) is 39.8 Å². The summed E-state index contributed by atoms with van der Waals surface area (Å²) < 4.78 is 20.2. The molecule has 2 atom stereocenters. The molecule has 148 valence electrons. The van der Waals surface area contributed by atoms with E-state index >= 15 is 4.39 Å². The largest absolute Gasteiger partial charge is 0.367 e. The monoisotopic (exact) mass is 422 g/mol. The van der Waals surface area contributed by atoms with Gasteiger partial charge in [0.15, 0.2) is 5.82 Å². The van der Waals surface area contributed by atoms with Crippen molar-refractivity contribution in [1.82, 2.24) is 8.94 Å². The fourth-order valence-electron chi connectivity index (χ4n) is 4.26. The average Bonchev–Trinajstić information content (AvgIpc) is 3.26. The van der Waals surface area contributed by atoms with Gasteiger partial charge < -0.3 is 20.6 Å². The van der Waals surface area contributed by atoms with Crippen molar-refractivity contribution in [3.8, 4) is 0 Å². The normalized spacial score (nSPS) is 21.8. The third kappa shape index (κ3) is 2.24. The third-order valence-corrected chi connectivity index (χ3v) is 7.74. The maximum Gasteiger partial charge on any atom is 0.271 e. The van der Waals surface area contributed by atoms with Crippen molar-refractivity contribution in [2.45, 2.75) is 30.3 Å². The first kappa shape index (κ1) is 18.0. The molecule has 0 spiro atoms. The highest BCUT2D eigenvalue weighted by atomic mass is 32.2. The van der Waals surface area contributed by atoms with E-state index in [1.165, 1.54) is 11.8 Å². The molecule has 5 rings (SSSR count). The van der Waals surface area contributed by atoms with E-state index in [2.05, 4.69) is 9.80 Å². The number of pyridine rings is 1. The molecule has 1 aromatic carbocycles. The quantitative estimate of drug-likeness (QED) is 0.365. The van der Waals surface area contributed by atoms with Crippen molar-refractivity contribution in [3.63, 3.8) is 0 Å². The van der Waals surface area contributed by atoms with Crippen LogP contribution in [0.25, 0.3) is 21.1 Å². The number of hydrazine groups is 1. The van der Waals surface area contributed by atoms with E-state index in [0.717, 1.165) is 18.0 Å². The zero-order valence-electron chi connectivity index (χ0n) is 15.0. The Morgan fingerprint density at radius 2 is 2.11 bits per heavy atom. The van der Waals surface area contributed by atoms with Gasteiger partial charge in [0.1, 0.15) is 15.9 Å². The number of fused-ring (bicyclic) bond motifs is 2. The van der Waals surface area contributed by atoms with Crippen LogP contribution >= 0.6 is 23.3 Å². The number of rotatable bonds is 2. The molecule has 1 saturated heterocycles. The number of hydrogen-bond donors (Lipinski definition) is 4. The zero-order valence-corrected chi connectivity index (χ0v) is 16.7. The SMILES string of the molecule is CC1CSc2c(N3CCC(N)C3)c(F)c(NN)c3c(=O)c4c(=O)[nH]sc4n1c23. The molecule has 0 saturated carbocycles. The minimum absolute atomic E-state index is 0.0244. The number of nitrogens with one attached hydrogen (secondary N) is 2. The summed E-state index contributed by atoms with van der Waals surface area (Å²) in [7, 11) is 0. The first-order chi connectivity index (χ1) is 13.4. The van der Waals surface area contributed by atoms with Crippen LogP contribution < -0.4 is 32.9 Å². The van der Waals surface area contributed by atoms with Crippen molar-refractivity contribution < 1.29 is 4.39 Å². The molecule has 2 unspecified atom stereocenters. The number of anilines is 2. The Labute approximate surface area is 166 Å². The van der Waals surface area contributed by atoms with Crippen molar-refractivity contribution in [3.05, 3.63) is 26.4 Å². The highest BCUT2D eigenvalue weighted by Gasteiger charge is 2.34. The molecule has 6 N–H and O–H groups in total. The minimum Gasteiger partial charge on any atom is -0.367 e. The topological polar surface area (TPSA) is 122 Å². The van der Waals surface area contributed by atoms with E-state index in [9.17, 15) is 9.59 Å². The summed E-state index contributed by atoms with van der Waals surface area (Å²) in [4.78, 5) is 28.7. The molecule has 2 aliphatic heterocycles. The smallest absolute Gasteiger partial charge is 0.271 e. The maximum atomic E-state index is 15.6. The molecule has 0 amide bonds. The number of nitrogens with zero attached hydrogens (tertiary/aromatic N) is 2. The number of thioether (sulfide) groups is 1. The molecule has 8 nitrogen and oxygen atoms in total. The van der Waals surface area contributed by atoms with Crippen molar-refractivity contribution in [2.24, 2.45) is 11.6 Å². The predicted octanol–water partition coefficient (Wildman–Crippen LogP) is 1.53. The maximum absolute atomic E-state index is 15.6. The lowest BCUT2D eigenvalue weighted by atomic mass is 10.1. The van der Waals surface area contributed by atoms with Gasteiger partial charge in [-0.05, 0) is 24.9 Å². The molecule has 0 aliphatic carbocycles. The Hall–Kier alpha value is -2.08. The number of aromatic nitrogens is 2. The van der Waals surface area contributed by atoms with Crippen LogP contribution in [0.5, 0.6) is 0 Å². The number of benzene rings is 1. The van der Waals surface area contributed by atoms with Crippen LogP contribution in [0.15, 0.2) is 14.5 Å². The number of hydrogen-bond acceptors (Lipinski definition) is 8. The Kier molecular flexibility index (Phi) is 3.99. The van der Waals surface area contributed by atoms with E-state index in [-0.39, 0.29) is 28.5 Å². The van der Waals surface area contributed by atoms with E-state index in [1.807, 2.05) is 16.4 Å². The average molecular weight is 423 g/mol. The summed E-state index contributed by atoms with van der Waals surface area (Å²) in [5.41, 5.74) is 8.46. The number of H-pyrrole nitrogens is 1. The molecule has 11 heteroatoms. The first-order valence-corrected chi connectivity index (χ1v) is 10.8. The van der Waals surface area contributed by atoms with Crippen molar-refractivity contribution >= 4 is 55.8 Å². The summed E-state index contributed by atoms with van der Waals surface area (Å²) in [6, 6.07) is 0.00279. The van der Waals surface area contributed by atoms with Crippen molar-refractivity contribution in [1.29, 1.82) is 0 Å². The van der Waals surface area contributed by atoms with Gasteiger partial charge in [0.05, 0.1) is 21.5 Å². The van der Waals surface area contributed by atoms with Crippen LogP contribution in [0.4, 0.5) is 15.8 Å². The van der Waals surface area contributed by atoms with Gasteiger partial charge in [-0.15, -0.1) is 11.8 Å². The zero-order chi connectivity index (χ0) is 19.7. The molecule has 28 heavy (non-hydrogen) atoms. The van der Waals surface area contributed by atoms with Gasteiger partial charge in [0.25, 0.3) is 5.56 Å². The lowest BCUT2D eigenvalue weighted by molar-refractivity contribution is 0.614. The van der Waals surface area contributed by atoms with Crippen LogP contribution in [0, 0.1) is 5.82 Å². The summed E-state index contributed by atoms with van der Waals surface area (Å²) in [5, 5.41) is 0.173. The predicted molar refractivity (Wildman–Crippen MR) is 112 cm³/mol. The number of nitrogen functional groups attached to an aromatic ring is 1. The Balaban J connectivity index is 2.02. The highest BCUT2D eigenvalue weighted by molar-refractivity contribution is 7.99. The third-order valence-electron chi connectivity index (χ3n) is 5.53. The minimum atomic E-state index is -0.573. The molecule has 0 radical (unpaired) electrons. The van der Waals surface area contributed by atoms with Crippen LogP contribution in [0.2, 0.25) is 0 Å². The van der Waals surface area contributed by atoms with Gasteiger partial charge in [0, 0.05) is 30.9 Å². The van der Waals surface area contributed by atoms with E-state index in [4.69, 9.17) is 11.6 Å². The summed E-state index contributed by atoms with van der Waals surface area (Å²) in [6.07, 6.45) is 0.772. The van der Waals surface area contributed by atoms with E-state index in [1.54, 1.807) is 0 Å². The van der Waals surface area contributed by atoms with Crippen LogP contribution in [-0.2, 0) is 0 Å². The second kappa shape index (κ2) is 6.21. The Bertz CT molecular complexity index is 1250. The number of nitrogens with two attached hydrogens (primary N) is 2. The molecule has 4 heterocycles. The Morgan fingerprint density at radius 3 is 2.79 bits per heavy atom. The fourth-order valence-corrected chi connectivity index (χ4v) is 6.46. The Morgan fingerprint density at radius 1 is 1.32 bits per heavy atom. The lowest BCUT2D eigenvalue weighted by Crippen LogP contribution is -2.30. The molecular weight excluding hydrogens is 403 g/mol. The second-order valence-corrected chi connectivity index (χ2v) is 9.13. The van der Waals surface area contributed by atoms with Crippen LogP contribution in [-0.4, -0.2) is 33.8 Å². The van der Waals surface area contributed by atoms with Gasteiger partial charge in [-0.25, -0.2) is 4.39 Å². The van der Waals surface area contributed by atoms with E-state index < -0.39 is 16.8 Å². The standard InChI is InChI=1S/C17H19FN6O2S2/c1-6-5-27-15-12-8(14(25)9-16(26)22-28-17(9)24(6)12)11(21-20)10(18)13(15)23-3-2-7(19)4-23/h6-7,21H,2-5,19-20H2,1H3,(H,22,26). The van der Waals surface area contributed by atoms with Gasteiger partial charge in [-0.2, -0.15) is 0 Å². The fraction of sp³-hybridized carbons (Fsp3) is 0.412. The summed E-state index contributed by atoms with van der Waals surface area (Å²) in [5.74, 6) is 5.79. The van der Waals surface area contributed by atoms with Gasteiger partial charge >= 0.3 is 0 Å². The van der Waals surface area contributed by atoms with Crippen LogP contribution in [0.3, 0.4) is 0 Å². The molecule has 0 bridgehead atoms. The van der Waals surface area contributed by atoms with Gasteiger partial charge in [0.2, 0.25) is 5.43 Å². The van der Waals surface area contributed by atoms with Gasteiger partial charge in [-0.3, -0.25) is 19.8 Å². The molecular formula is C17H19FN6O2S2. The van der Waals surface area contributed by atoms with Crippen LogP contribution in [0.1, 0.15) is 19.4 Å². The molecule has 1 fully saturated rings. The summed E-state index contributed by atoms with van der Waals surface area (Å²) >= 11 is 2.66. The molecule has 3 aromatic rings. The molecule has 2 aliphatic rings. The summed E-state index contributed by atoms with van der Waals surface area (Å²) in [6.45, 7) is 3.20. The number of halogens is 1. The molecule has 2 aromatic heterocycles. The first-order valence-electron chi connectivity index (χ1n) is 8.98. The lowest BCUT2D eigenvalue weighted by Gasteiger charge is -2.31. The van der Waals surface area contributed by atoms with Gasteiger partial charge in [-0.1, -0.05) is 0 Å². The highest BCUT2D eigenvalue weighted by Crippen LogP contribution is 2.48. The second-order valence-electron chi connectivity index (χ2n) is 7.30. The van der Waals surface area contributed by atoms with Crippen molar-refractivity contribution in [2.75, 3.05) is 29.2 Å². The number of aromatic amines is 1.